The van der Waals surface area contributed by atoms with Crippen molar-refractivity contribution in [1.29, 1.82) is 0 Å². The lowest BCUT2D eigenvalue weighted by Crippen LogP contribution is -2.16. The van der Waals surface area contributed by atoms with Crippen LogP contribution in [0.5, 0.6) is 5.75 Å². The summed E-state index contributed by atoms with van der Waals surface area (Å²) in [5.74, 6) is 1.86. The Kier molecular flexibility index (Phi) is 5.09. The Bertz CT molecular complexity index is 1210. The van der Waals surface area contributed by atoms with Gasteiger partial charge in [-0.3, -0.25) is 0 Å². The molecular formula is C24H30N4O. The number of anilines is 1. The molecule has 0 amide bonds. The van der Waals surface area contributed by atoms with E-state index >= 15 is 0 Å². The molecule has 29 heavy (non-hydrogen) atoms. The molecular weight excluding hydrogens is 360 g/mol. The van der Waals surface area contributed by atoms with E-state index in [1.54, 1.807) is 7.11 Å². The molecule has 0 atom stereocenters. The van der Waals surface area contributed by atoms with Crippen LogP contribution in [0.4, 0.5) is 5.82 Å². The van der Waals surface area contributed by atoms with Gasteiger partial charge in [-0.2, -0.15) is 0 Å². The minimum Gasteiger partial charge on any atom is -0.497 e. The predicted octanol–water partition coefficient (Wildman–Crippen LogP) is 4.87. The van der Waals surface area contributed by atoms with Crippen LogP contribution < -0.4 is 10.1 Å². The monoisotopic (exact) mass is 390 g/mol. The highest BCUT2D eigenvalue weighted by atomic mass is 16.5. The van der Waals surface area contributed by atoms with Crippen LogP contribution in [0.1, 0.15) is 17.5 Å². The summed E-state index contributed by atoms with van der Waals surface area (Å²) in [4.78, 5) is 6.91. The second-order valence-electron chi connectivity index (χ2n) is 8.08. The molecule has 0 saturated heterocycles. The number of fused-ring (bicyclic) bond motifs is 4. The molecule has 0 bridgehead atoms. The van der Waals surface area contributed by atoms with Gasteiger partial charge in [-0.1, -0.05) is 0 Å². The highest BCUT2D eigenvalue weighted by Gasteiger charge is 2.19. The second kappa shape index (κ2) is 7.56. The fraction of sp³-hybridized carbons (Fsp3) is 0.375. The van der Waals surface area contributed by atoms with Crippen LogP contribution in [0.15, 0.2) is 30.5 Å². The van der Waals surface area contributed by atoms with E-state index in [1.165, 1.54) is 43.7 Å². The Labute approximate surface area is 172 Å². The molecule has 0 saturated carbocycles. The van der Waals surface area contributed by atoms with Crippen molar-refractivity contribution in [2.45, 2.75) is 20.3 Å². The number of hydrogen-bond acceptors (Lipinski definition) is 4. The standard InChI is InChI=1S/C24H30N4O/c1-15-18-10-12-26-24(25-11-7-13-27(3)4)22(18)16(2)21-19-14-17(29-6)8-9-20(19)28(5)23(15)21/h8-10,12,14H,7,11,13H2,1-6H3,(H,25,26). The predicted molar refractivity (Wildman–Crippen MR) is 123 cm³/mol. The molecule has 0 aliphatic heterocycles. The lowest BCUT2D eigenvalue weighted by atomic mass is 9.96. The normalized spacial score (nSPS) is 11.8. The Morgan fingerprint density at radius 2 is 1.86 bits per heavy atom. The molecule has 2 aromatic carbocycles. The fourth-order valence-electron chi connectivity index (χ4n) is 4.51. The number of aromatic nitrogens is 2. The molecule has 4 rings (SSSR count). The van der Waals surface area contributed by atoms with Crippen molar-refractivity contribution in [2.24, 2.45) is 7.05 Å². The van der Waals surface area contributed by atoms with E-state index < -0.39 is 0 Å². The minimum absolute atomic E-state index is 0.885. The van der Waals surface area contributed by atoms with Crippen LogP contribution >= 0.6 is 0 Å². The zero-order valence-corrected chi connectivity index (χ0v) is 18.3. The Morgan fingerprint density at radius 1 is 1.07 bits per heavy atom. The van der Waals surface area contributed by atoms with E-state index in [1.807, 2.05) is 12.3 Å². The molecule has 4 aromatic rings. The van der Waals surface area contributed by atoms with Crippen molar-refractivity contribution in [3.63, 3.8) is 0 Å². The van der Waals surface area contributed by atoms with Gasteiger partial charge < -0.3 is 19.5 Å². The first kappa shape index (κ1) is 19.5. The summed E-state index contributed by atoms with van der Waals surface area (Å²) in [6.07, 6.45) is 3.00. The smallest absolute Gasteiger partial charge is 0.134 e. The highest BCUT2D eigenvalue weighted by molar-refractivity contribution is 6.18. The molecule has 0 aliphatic carbocycles. The largest absolute Gasteiger partial charge is 0.497 e. The van der Waals surface area contributed by atoms with Crippen LogP contribution in [0, 0.1) is 13.8 Å². The molecule has 2 aromatic heterocycles. The summed E-state index contributed by atoms with van der Waals surface area (Å²) < 4.78 is 7.81. The van der Waals surface area contributed by atoms with Gasteiger partial charge in [0.2, 0.25) is 0 Å². The highest BCUT2D eigenvalue weighted by Crippen LogP contribution is 2.40. The maximum Gasteiger partial charge on any atom is 0.134 e. The van der Waals surface area contributed by atoms with Gasteiger partial charge in [-0.05, 0) is 81.7 Å². The number of benzene rings is 2. The number of ether oxygens (including phenoxy) is 1. The molecule has 0 fully saturated rings. The summed E-state index contributed by atoms with van der Waals surface area (Å²) in [6, 6.07) is 8.47. The molecule has 5 heteroatoms. The lowest BCUT2D eigenvalue weighted by molar-refractivity contribution is 0.405. The van der Waals surface area contributed by atoms with Crippen molar-refractivity contribution in [3.8, 4) is 5.75 Å². The van der Waals surface area contributed by atoms with Gasteiger partial charge in [0.1, 0.15) is 11.6 Å². The number of aryl methyl sites for hydroxylation is 3. The summed E-state index contributed by atoms with van der Waals surface area (Å²) in [6.45, 7) is 6.40. The Balaban J connectivity index is 1.96. The lowest BCUT2D eigenvalue weighted by Gasteiger charge is -2.15. The number of methoxy groups -OCH3 is 1. The van der Waals surface area contributed by atoms with Gasteiger partial charge in [0.25, 0.3) is 0 Å². The van der Waals surface area contributed by atoms with Crippen molar-refractivity contribution in [1.82, 2.24) is 14.5 Å². The molecule has 152 valence electrons. The summed E-state index contributed by atoms with van der Waals surface area (Å²) >= 11 is 0. The van der Waals surface area contributed by atoms with Gasteiger partial charge in [-0.25, -0.2) is 4.98 Å². The van der Waals surface area contributed by atoms with Crippen molar-refractivity contribution in [3.05, 3.63) is 41.6 Å². The average molecular weight is 391 g/mol. The van der Waals surface area contributed by atoms with Gasteiger partial charge in [0.15, 0.2) is 0 Å². The molecule has 1 N–H and O–H groups in total. The molecule has 0 unspecified atom stereocenters. The van der Waals surface area contributed by atoms with Gasteiger partial charge in [0, 0.05) is 41.5 Å². The van der Waals surface area contributed by atoms with Gasteiger partial charge >= 0.3 is 0 Å². The van der Waals surface area contributed by atoms with Gasteiger partial charge in [-0.15, -0.1) is 0 Å². The van der Waals surface area contributed by atoms with E-state index in [2.05, 4.69) is 68.0 Å². The molecule has 2 heterocycles. The van der Waals surface area contributed by atoms with Crippen LogP contribution in [0.2, 0.25) is 0 Å². The second-order valence-corrected chi connectivity index (χ2v) is 8.08. The summed E-state index contributed by atoms with van der Waals surface area (Å²) in [7, 11) is 8.08. The third-order valence-electron chi connectivity index (χ3n) is 5.94. The van der Waals surface area contributed by atoms with E-state index in [0.717, 1.165) is 31.1 Å². The van der Waals surface area contributed by atoms with Crippen LogP contribution in [-0.2, 0) is 7.05 Å². The zero-order valence-electron chi connectivity index (χ0n) is 18.3. The minimum atomic E-state index is 0.885. The Hall–Kier alpha value is -2.79. The third-order valence-corrected chi connectivity index (χ3v) is 5.94. The first-order valence-corrected chi connectivity index (χ1v) is 10.2. The van der Waals surface area contributed by atoms with E-state index in [0.29, 0.717) is 0 Å². The van der Waals surface area contributed by atoms with Crippen molar-refractivity contribution in [2.75, 3.05) is 39.6 Å². The molecule has 0 radical (unpaired) electrons. The van der Waals surface area contributed by atoms with Crippen LogP contribution in [-0.4, -0.2) is 48.7 Å². The van der Waals surface area contributed by atoms with Crippen molar-refractivity contribution >= 4 is 38.4 Å². The molecule has 0 aliphatic rings. The van der Waals surface area contributed by atoms with Crippen LogP contribution in [0.3, 0.4) is 0 Å². The number of pyridine rings is 1. The first-order chi connectivity index (χ1) is 13.9. The zero-order chi connectivity index (χ0) is 20.7. The average Bonchev–Trinajstić information content (AvgIpc) is 3.01. The van der Waals surface area contributed by atoms with E-state index in [4.69, 9.17) is 9.72 Å². The summed E-state index contributed by atoms with van der Waals surface area (Å²) in [5, 5.41) is 8.58. The van der Waals surface area contributed by atoms with Gasteiger partial charge in [0.05, 0.1) is 12.6 Å². The maximum absolute atomic E-state index is 5.51. The topological polar surface area (TPSA) is 42.3 Å². The number of hydrogen-bond donors (Lipinski definition) is 1. The van der Waals surface area contributed by atoms with Crippen LogP contribution in [0.25, 0.3) is 32.6 Å². The third kappa shape index (κ3) is 3.19. The van der Waals surface area contributed by atoms with E-state index in [-0.39, 0.29) is 0 Å². The SMILES string of the molecule is COc1ccc2c(c1)c1c(C)c3c(NCCCN(C)C)nccc3c(C)c1n2C. The number of nitrogens with one attached hydrogen (secondary N) is 1. The molecule has 5 nitrogen and oxygen atoms in total. The quantitative estimate of drug-likeness (QED) is 0.477. The maximum atomic E-state index is 5.51. The van der Waals surface area contributed by atoms with Crippen molar-refractivity contribution < 1.29 is 4.74 Å². The molecule has 0 spiro atoms. The first-order valence-electron chi connectivity index (χ1n) is 10.2. The number of rotatable bonds is 6. The fourth-order valence-corrected chi connectivity index (χ4v) is 4.51. The Morgan fingerprint density at radius 3 is 2.59 bits per heavy atom. The number of nitrogens with zero attached hydrogens (tertiary/aromatic N) is 3. The summed E-state index contributed by atoms with van der Waals surface area (Å²) in [5.41, 5.74) is 5.05. The van der Waals surface area contributed by atoms with E-state index in [9.17, 15) is 0 Å².